The Balaban J connectivity index is 0.000000229. The molecule has 1 aliphatic rings. The van der Waals surface area contributed by atoms with Gasteiger partial charge in [0.25, 0.3) is 0 Å². The first kappa shape index (κ1) is 36.7. The van der Waals surface area contributed by atoms with Gasteiger partial charge < -0.3 is 23.8 Å². The van der Waals surface area contributed by atoms with Gasteiger partial charge in [-0.25, -0.2) is 22.9 Å². The molecule has 1 fully saturated rings. The lowest BCUT2D eigenvalue weighted by atomic mass is 9.89. The van der Waals surface area contributed by atoms with Crippen LogP contribution < -0.4 is 18.5 Å². The van der Waals surface area contributed by atoms with E-state index >= 15 is 0 Å². The van der Waals surface area contributed by atoms with E-state index in [-0.39, 0.29) is 22.6 Å². The number of carbonyl (C=O) groups is 1. The van der Waals surface area contributed by atoms with Crippen molar-refractivity contribution in [2.75, 3.05) is 38.7 Å². The minimum Gasteiger partial charge on any atom is -0.497 e. The van der Waals surface area contributed by atoms with Crippen LogP contribution in [0, 0.1) is 17.5 Å². The summed E-state index contributed by atoms with van der Waals surface area (Å²) in [6.07, 6.45) is 2.95. The zero-order chi connectivity index (χ0) is 34.8. The molecule has 4 aromatic rings. The Morgan fingerprint density at radius 3 is 2.21 bits per heavy atom. The van der Waals surface area contributed by atoms with Gasteiger partial charge in [-0.2, -0.15) is 4.37 Å². The molecule has 1 amide bonds. The number of rotatable bonds is 9. The second-order valence-corrected chi connectivity index (χ2v) is 13.6. The first-order chi connectivity index (χ1) is 22.9. The van der Waals surface area contributed by atoms with Crippen LogP contribution in [0.2, 0.25) is 0 Å². The van der Waals surface area contributed by atoms with Gasteiger partial charge in [-0.05, 0) is 87.4 Å². The first-order valence-corrected chi connectivity index (χ1v) is 16.6. The van der Waals surface area contributed by atoms with E-state index in [2.05, 4.69) is 9.36 Å². The SMILES string of the molecule is CC(C)(C)OC(=O)N1CCC(c2ccc(F)cc2)CC1.COc1ccc(CN(Sc2cc(F)c(OC)cc2F)c2ncns2)c(OC)c1. The Bertz CT molecular complexity index is 1630. The third-order valence-electron chi connectivity index (χ3n) is 7.27. The second-order valence-electron chi connectivity index (χ2n) is 11.7. The topological polar surface area (TPSA) is 86.2 Å². The third kappa shape index (κ3) is 10.2. The maximum atomic E-state index is 14.4. The highest BCUT2D eigenvalue weighted by molar-refractivity contribution is 8.00. The quantitative estimate of drug-likeness (QED) is 0.159. The lowest BCUT2D eigenvalue weighted by molar-refractivity contribution is 0.0205. The molecule has 9 nitrogen and oxygen atoms in total. The van der Waals surface area contributed by atoms with Crippen LogP contribution in [-0.2, 0) is 11.3 Å². The highest BCUT2D eigenvalue weighted by Gasteiger charge is 2.27. The number of methoxy groups -OCH3 is 3. The number of hydrogen-bond acceptors (Lipinski definition) is 10. The molecule has 48 heavy (non-hydrogen) atoms. The predicted octanol–water partition coefficient (Wildman–Crippen LogP) is 8.50. The number of likely N-dealkylation sites (tertiary alicyclic amines) is 1. The van der Waals surface area contributed by atoms with E-state index in [0.29, 0.717) is 42.2 Å². The molecule has 1 aromatic heterocycles. The van der Waals surface area contributed by atoms with Crippen LogP contribution in [0.25, 0.3) is 0 Å². The molecular formula is C34H39F3N4O5S2. The molecule has 14 heteroatoms. The standard InChI is InChI=1S/C18H17F2N3O3S2.C16H22FNO2/c1-24-12-5-4-11(15(6-12)25-2)9-23(18-21-10-22-27-18)28-17-8-13(19)16(26-3)7-14(17)20;1-16(2,3)20-15(19)18-10-8-13(9-11-18)12-4-6-14(17)7-5-12/h4-8,10H,9H2,1-3H3;4-7,13H,8-11H2,1-3H3. The minimum absolute atomic E-state index is 0.0981. The molecule has 0 atom stereocenters. The van der Waals surface area contributed by atoms with E-state index in [9.17, 15) is 18.0 Å². The van der Waals surface area contributed by atoms with Crippen molar-refractivity contribution in [3.8, 4) is 17.2 Å². The summed E-state index contributed by atoms with van der Waals surface area (Å²) in [5.74, 6) is 0.0512. The average molecular weight is 705 g/mol. The Morgan fingerprint density at radius 2 is 1.62 bits per heavy atom. The van der Waals surface area contributed by atoms with Gasteiger partial charge in [-0.3, -0.25) is 4.31 Å². The van der Waals surface area contributed by atoms with Crippen LogP contribution in [0.5, 0.6) is 17.2 Å². The molecule has 0 N–H and O–H groups in total. The normalized spacial score (nSPS) is 13.3. The summed E-state index contributed by atoms with van der Waals surface area (Å²) in [6, 6.07) is 14.2. The summed E-state index contributed by atoms with van der Waals surface area (Å²) in [4.78, 5) is 18.0. The molecule has 1 saturated heterocycles. The molecule has 0 unspecified atom stereocenters. The van der Waals surface area contributed by atoms with Crippen LogP contribution in [0.1, 0.15) is 50.7 Å². The summed E-state index contributed by atoms with van der Waals surface area (Å²) >= 11 is 2.16. The van der Waals surface area contributed by atoms with Crippen molar-refractivity contribution < 1.29 is 36.9 Å². The number of benzene rings is 3. The van der Waals surface area contributed by atoms with Crippen molar-refractivity contribution in [1.29, 1.82) is 0 Å². The van der Waals surface area contributed by atoms with Crippen LogP contribution in [0.4, 0.5) is 23.1 Å². The Kier molecular flexibility index (Phi) is 12.8. The summed E-state index contributed by atoms with van der Waals surface area (Å²) < 4.78 is 68.0. The van der Waals surface area contributed by atoms with Crippen LogP contribution >= 0.6 is 23.5 Å². The Hall–Kier alpha value is -4.17. The van der Waals surface area contributed by atoms with Gasteiger partial charge in [0.15, 0.2) is 11.6 Å². The van der Waals surface area contributed by atoms with Gasteiger partial charge in [0, 0.05) is 42.3 Å². The van der Waals surface area contributed by atoms with Gasteiger partial charge in [-0.1, -0.05) is 12.1 Å². The summed E-state index contributed by atoms with van der Waals surface area (Å²) in [7, 11) is 4.41. The number of nitrogens with zero attached hydrogens (tertiary/aromatic N) is 4. The highest BCUT2D eigenvalue weighted by atomic mass is 32.2. The van der Waals surface area contributed by atoms with Gasteiger partial charge in [0.05, 0.1) is 32.8 Å². The van der Waals surface area contributed by atoms with Crippen LogP contribution in [-0.4, -0.2) is 60.4 Å². The molecule has 258 valence electrons. The fourth-order valence-electron chi connectivity index (χ4n) is 4.87. The van der Waals surface area contributed by atoms with Crippen molar-refractivity contribution in [2.45, 2.75) is 56.6 Å². The van der Waals surface area contributed by atoms with E-state index in [1.54, 1.807) is 35.6 Å². The molecule has 5 rings (SSSR count). The third-order valence-corrected chi connectivity index (χ3v) is 9.11. The van der Waals surface area contributed by atoms with E-state index in [0.717, 1.165) is 59.6 Å². The van der Waals surface area contributed by atoms with Gasteiger partial charge in [0.1, 0.15) is 35.1 Å². The zero-order valence-electron chi connectivity index (χ0n) is 27.7. The fourth-order valence-corrected chi connectivity index (χ4v) is 6.38. The van der Waals surface area contributed by atoms with Crippen LogP contribution in [0.3, 0.4) is 0 Å². The van der Waals surface area contributed by atoms with E-state index in [4.69, 9.17) is 18.9 Å². The molecule has 3 aromatic carbocycles. The van der Waals surface area contributed by atoms with Crippen molar-refractivity contribution in [2.24, 2.45) is 0 Å². The van der Waals surface area contributed by atoms with Gasteiger partial charge in [-0.15, -0.1) is 0 Å². The van der Waals surface area contributed by atoms with E-state index < -0.39 is 17.2 Å². The van der Waals surface area contributed by atoms with E-state index in [1.165, 1.54) is 25.6 Å². The molecule has 2 heterocycles. The molecule has 0 saturated carbocycles. The largest absolute Gasteiger partial charge is 0.497 e. The number of piperidine rings is 1. The zero-order valence-corrected chi connectivity index (χ0v) is 29.3. The molecule has 0 bridgehead atoms. The predicted molar refractivity (Wildman–Crippen MR) is 181 cm³/mol. The van der Waals surface area contributed by atoms with Gasteiger partial charge >= 0.3 is 6.09 Å². The molecule has 0 spiro atoms. The molecule has 1 aliphatic heterocycles. The van der Waals surface area contributed by atoms with Crippen molar-refractivity contribution in [3.05, 3.63) is 89.5 Å². The lowest BCUT2D eigenvalue weighted by Crippen LogP contribution is -2.41. The molecule has 0 aliphatic carbocycles. The maximum absolute atomic E-state index is 14.4. The fraction of sp³-hybridized carbons (Fsp3) is 0.382. The van der Waals surface area contributed by atoms with Crippen molar-refractivity contribution in [1.82, 2.24) is 14.3 Å². The highest BCUT2D eigenvalue weighted by Crippen LogP contribution is 2.37. The monoisotopic (exact) mass is 704 g/mol. The smallest absolute Gasteiger partial charge is 0.410 e. The maximum Gasteiger partial charge on any atom is 0.410 e. The minimum atomic E-state index is -0.648. The lowest BCUT2D eigenvalue weighted by Gasteiger charge is -2.33. The first-order valence-electron chi connectivity index (χ1n) is 15.1. The number of hydrogen-bond donors (Lipinski definition) is 0. The summed E-state index contributed by atoms with van der Waals surface area (Å²) in [6.45, 7) is 7.32. The Labute approximate surface area is 287 Å². The Morgan fingerprint density at radius 1 is 0.938 bits per heavy atom. The summed E-state index contributed by atoms with van der Waals surface area (Å²) in [5.41, 5.74) is 1.51. The summed E-state index contributed by atoms with van der Waals surface area (Å²) in [5, 5.41) is 0.540. The second kappa shape index (κ2) is 16.8. The molecular weight excluding hydrogens is 666 g/mol. The number of carbonyl (C=O) groups excluding carboxylic acids is 1. The van der Waals surface area contributed by atoms with Crippen LogP contribution in [0.15, 0.2) is 65.8 Å². The van der Waals surface area contributed by atoms with E-state index in [1.807, 2.05) is 39.0 Å². The van der Waals surface area contributed by atoms with Crippen molar-refractivity contribution in [3.63, 3.8) is 0 Å². The average Bonchev–Trinajstić information content (AvgIpc) is 3.61. The number of anilines is 1. The number of ether oxygens (including phenoxy) is 4. The number of aromatic nitrogens is 2. The number of amides is 1. The van der Waals surface area contributed by atoms with Gasteiger partial charge in [0.2, 0.25) is 5.13 Å². The van der Waals surface area contributed by atoms with Crippen molar-refractivity contribution >= 4 is 34.7 Å². The number of halogens is 3. The molecule has 0 radical (unpaired) electrons.